The van der Waals surface area contributed by atoms with Crippen LogP contribution in [0.4, 0.5) is 0 Å². The summed E-state index contributed by atoms with van der Waals surface area (Å²) in [6.07, 6.45) is 3.24. The highest BCUT2D eigenvalue weighted by atomic mass is 16.1. The second-order valence-corrected chi connectivity index (χ2v) is 4.82. The van der Waals surface area contributed by atoms with Gasteiger partial charge in [0.25, 0.3) is 0 Å². The Bertz CT molecular complexity index is 400. The van der Waals surface area contributed by atoms with E-state index >= 15 is 0 Å². The van der Waals surface area contributed by atoms with Crippen molar-refractivity contribution in [3.05, 3.63) is 34.4 Å². The fourth-order valence-electron chi connectivity index (χ4n) is 1.96. The van der Waals surface area contributed by atoms with Crippen molar-refractivity contribution < 1.29 is 4.79 Å². The molecule has 0 N–H and O–H groups in total. The zero-order valence-electron chi connectivity index (χ0n) is 9.76. The molecule has 1 nitrogen and oxygen atoms in total. The summed E-state index contributed by atoms with van der Waals surface area (Å²) in [6.45, 7) is 6.20. The lowest BCUT2D eigenvalue weighted by atomic mass is 9.96. The molecular weight excluding hydrogens is 184 g/mol. The number of rotatable bonds is 3. The molecule has 1 saturated carbocycles. The highest BCUT2D eigenvalue weighted by Gasteiger charge is 2.25. The van der Waals surface area contributed by atoms with Gasteiger partial charge in [-0.05, 0) is 62.3 Å². The number of ketones is 1. The molecule has 0 aromatic heterocycles. The number of benzene rings is 1. The fraction of sp³-hybridized carbons (Fsp3) is 0.500. The third-order valence-electron chi connectivity index (χ3n) is 3.31. The van der Waals surface area contributed by atoms with Crippen LogP contribution in [0, 0.1) is 26.7 Å². The minimum Gasteiger partial charge on any atom is -0.294 e. The lowest BCUT2D eigenvalue weighted by molar-refractivity contribution is 0.0975. The van der Waals surface area contributed by atoms with E-state index < -0.39 is 0 Å². The van der Waals surface area contributed by atoms with Crippen LogP contribution in [0.1, 0.15) is 46.3 Å². The molecule has 0 bridgehead atoms. The van der Waals surface area contributed by atoms with Crippen molar-refractivity contribution in [2.45, 2.75) is 40.0 Å². The highest BCUT2D eigenvalue weighted by molar-refractivity contribution is 5.98. The Labute approximate surface area is 91.5 Å². The maximum atomic E-state index is 12.0. The van der Waals surface area contributed by atoms with Gasteiger partial charge in [-0.25, -0.2) is 0 Å². The van der Waals surface area contributed by atoms with E-state index in [-0.39, 0.29) is 0 Å². The van der Waals surface area contributed by atoms with E-state index in [4.69, 9.17) is 0 Å². The first-order valence-electron chi connectivity index (χ1n) is 5.69. The van der Waals surface area contributed by atoms with E-state index in [9.17, 15) is 4.79 Å². The molecule has 0 atom stereocenters. The van der Waals surface area contributed by atoms with E-state index in [1.54, 1.807) is 0 Å². The monoisotopic (exact) mass is 202 g/mol. The third kappa shape index (κ3) is 2.28. The van der Waals surface area contributed by atoms with Crippen molar-refractivity contribution in [3.8, 4) is 0 Å². The molecule has 0 saturated heterocycles. The molecule has 1 aromatic rings. The minimum atomic E-state index is 0.332. The molecule has 0 spiro atoms. The quantitative estimate of drug-likeness (QED) is 0.684. The molecule has 15 heavy (non-hydrogen) atoms. The van der Waals surface area contributed by atoms with Gasteiger partial charge in [-0.1, -0.05) is 6.07 Å². The van der Waals surface area contributed by atoms with Crippen LogP contribution in [0.3, 0.4) is 0 Å². The lowest BCUT2D eigenvalue weighted by Gasteiger charge is -2.08. The third-order valence-corrected chi connectivity index (χ3v) is 3.31. The SMILES string of the molecule is Cc1cc(C)c(C(=O)CC2CC2)cc1C. The van der Waals surface area contributed by atoms with Crippen molar-refractivity contribution in [3.63, 3.8) is 0 Å². The molecule has 0 radical (unpaired) electrons. The first kappa shape index (κ1) is 10.4. The fourth-order valence-corrected chi connectivity index (χ4v) is 1.96. The van der Waals surface area contributed by atoms with Crippen molar-refractivity contribution in [1.29, 1.82) is 0 Å². The van der Waals surface area contributed by atoms with Crippen LogP contribution < -0.4 is 0 Å². The summed E-state index contributed by atoms with van der Waals surface area (Å²) >= 11 is 0. The molecule has 1 fully saturated rings. The lowest BCUT2D eigenvalue weighted by Crippen LogP contribution is -2.04. The van der Waals surface area contributed by atoms with Gasteiger partial charge in [0.2, 0.25) is 0 Å². The van der Waals surface area contributed by atoms with Gasteiger partial charge in [-0.15, -0.1) is 0 Å². The Morgan fingerprint density at radius 1 is 1.13 bits per heavy atom. The van der Waals surface area contributed by atoms with Gasteiger partial charge in [0, 0.05) is 12.0 Å². The average Bonchev–Trinajstić information content (AvgIpc) is 2.95. The average molecular weight is 202 g/mol. The molecular formula is C14H18O. The predicted octanol–water partition coefficient (Wildman–Crippen LogP) is 3.59. The molecule has 0 unspecified atom stereocenters. The van der Waals surface area contributed by atoms with E-state index in [2.05, 4.69) is 26.0 Å². The van der Waals surface area contributed by atoms with Crippen LogP contribution in [0.15, 0.2) is 12.1 Å². The summed E-state index contributed by atoms with van der Waals surface area (Å²) in [6, 6.07) is 4.17. The molecule has 80 valence electrons. The highest BCUT2D eigenvalue weighted by Crippen LogP contribution is 2.34. The van der Waals surface area contributed by atoms with Crippen LogP contribution in [-0.4, -0.2) is 5.78 Å². The van der Waals surface area contributed by atoms with Gasteiger partial charge in [0.1, 0.15) is 0 Å². The molecule has 1 aromatic carbocycles. The number of Topliss-reactive ketones (excluding diaryl/α,β-unsaturated/α-hetero) is 1. The number of carbonyl (C=O) groups is 1. The van der Waals surface area contributed by atoms with Gasteiger partial charge in [-0.2, -0.15) is 0 Å². The van der Waals surface area contributed by atoms with E-state index in [0.29, 0.717) is 11.7 Å². The zero-order valence-corrected chi connectivity index (χ0v) is 9.76. The summed E-state index contributed by atoms with van der Waals surface area (Å²) in [4.78, 5) is 12.0. The minimum absolute atomic E-state index is 0.332. The molecule has 1 aliphatic rings. The van der Waals surface area contributed by atoms with E-state index in [1.807, 2.05) is 6.92 Å². The summed E-state index contributed by atoms with van der Waals surface area (Å²) in [7, 11) is 0. The number of aryl methyl sites for hydroxylation is 3. The Morgan fingerprint density at radius 2 is 1.73 bits per heavy atom. The first-order chi connectivity index (χ1) is 7.08. The first-order valence-corrected chi connectivity index (χ1v) is 5.69. The summed E-state index contributed by atoms with van der Waals surface area (Å²) < 4.78 is 0. The standard InChI is InChI=1S/C14H18O/c1-9-6-11(3)13(7-10(9)2)14(15)8-12-4-5-12/h6-7,12H,4-5,8H2,1-3H3. The number of hydrogen-bond acceptors (Lipinski definition) is 1. The van der Waals surface area contributed by atoms with Crippen molar-refractivity contribution in [2.24, 2.45) is 5.92 Å². The van der Waals surface area contributed by atoms with Gasteiger partial charge >= 0.3 is 0 Å². The van der Waals surface area contributed by atoms with Crippen LogP contribution >= 0.6 is 0 Å². The molecule has 0 amide bonds. The van der Waals surface area contributed by atoms with Crippen molar-refractivity contribution >= 4 is 5.78 Å². The van der Waals surface area contributed by atoms with Gasteiger partial charge in [0.15, 0.2) is 5.78 Å². The second kappa shape index (κ2) is 3.80. The Morgan fingerprint density at radius 3 is 2.33 bits per heavy atom. The van der Waals surface area contributed by atoms with Gasteiger partial charge < -0.3 is 0 Å². The maximum absolute atomic E-state index is 12.0. The predicted molar refractivity (Wildman–Crippen MR) is 62.3 cm³/mol. The largest absolute Gasteiger partial charge is 0.294 e. The van der Waals surface area contributed by atoms with Crippen molar-refractivity contribution in [1.82, 2.24) is 0 Å². The molecule has 1 aliphatic carbocycles. The number of carbonyl (C=O) groups excluding carboxylic acids is 1. The summed E-state index contributed by atoms with van der Waals surface area (Å²) in [5.41, 5.74) is 4.56. The second-order valence-electron chi connectivity index (χ2n) is 4.82. The van der Waals surface area contributed by atoms with Crippen LogP contribution in [0.2, 0.25) is 0 Å². The van der Waals surface area contributed by atoms with Crippen LogP contribution in [-0.2, 0) is 0 Å². The molecule has 0 aliphatic heterocycles. The number of hydrogen-bond donors (Lipinski definition) is 0. The maximum Gasteiger partial charge on any atom is 0.163 e. The molecule has 1 heteroatoms. The van der Waals surface area contributed by atoms with E-state index in [0.717, 1.165) is 17.5 Å². The normalized spacial score (nSPS) is 15.4. The summed E-state index contributed by atoms with van der Waals surface area (Å²) in [5, 5.41) is 0. The van der Waals surface area contributed by atoms with Crippen molar-refractivity contribution in [2.75, 3.05) is 0 Å². The van der Waals surface area contributed by atoms with E-state index in [1.165, 1.54) is 24.0 Å². The Balaban J connectivity index is 2.25. The van der Waals surface area contributed by atoms with Gasteiger partial charge in [-0.3, -0.25) is 4.79 Å². The topological polar surface area (TPSA) is 17.1 Å². The molecule has 0 heterocycles. The Kier molecular flexibility index (Phi) is 2.64. The van der Waals surface area contributed by atoms with Crippen LogP contribution in [0.25, 0.3) is 0 Å². The summed E-state index contributed by atoms with van der Waals surface area (Å²) in [5.74, 6) is 1.01. The van der Waals surface area contributed by atoms with Crippen LogP contribution in [0.5, 0.6) is 0 Å². The smallest absolute Gasteiger partial charge is 0.163 e. The molecule has 2 rings (SSSR count). The zero-order chi connectivity index (χ0) is 11.0. The van der Waals surface area contributed by atoms with Gasteiger partial charge in [0.05, 0.1) is 0 Å². The Hall–Kier alpha value is -1.11.